The molecule has 0 aliphatic heterocycles. The van der Waals surface area contributed by atoms with E-state index < -0.39 is 12.2 Å². The third-order valence-electron chi connectivity index (χ3n) is 2.12. The van der Waals surface area contributed by atoms with Crippen LogP contribution in [0, 0.1) is 0 Å². The van der Waals surface area contributed by atoms with Crippen molar-refractivity contribution >= 4 is 12.2 Å². The molecule has 0 radical (unpaired) electrons. The van der Waals surface area contributed by atoms with Crippen LogP contribution in [0.25, 0.3) is 0 Å². The molecule has 4 N–H and O–H groups in total. The number of carbonyl (C=O) groups excluding carboxylic acids is 2. The lowest BCUT2D eigenvalue weighted by molar-refractivity contribution is -0.119. The van der Waals surface area contributed by atoms with E-state index in [1.807, 2.05) is 0 Å². The molecule has 1 aromatic rings. The van der Waals surface area contributed by atoms with Crippen LogP contribution in [-0.4, -0.2) is 40.0 Å². The fourth-order valence-corrected chi connectivity index (χ4v) is 1.25. The monoisotopic (exact) mass is 226 g/mol. The number of aromatic nitrogens is 1. The highest BCUT2D eigenvalue weighted by atomic mass is 16.3. The van der Waals surface area contributed by atoms with E-state index in [1.165, 1.54) is 19.2 Å². The molecule has 0 spiro atoms. The summed E-state index contributed by atoms with van der Waals surface area (Å²) in [6.07, 6.45) is -0.210. The molecular weight excluding hydrogens is 212 g/mol. The average molecular weight is 226 g/mol. The van der Waals surface area contributed by atoms with Crippen LogP contribution in [0.5, 0.6) is 0 Å². The first-order chi connectivity index (χ1) is 7.54. The summed E-state index contributed by atoms with van der Waals surface area (Å²) in [6.45, 7) is 1.28. The fourth-order valence-electron chi connectivity index (χ4n) is 1.25. The Kier molecular flexibility index (Phi) is 4.21. The van der Waals surface area contributed by atoms with Crippen LogP contribution in [0.1, 0.15) is 29.1 Å². The Morgan fingerprint density at radius 1 is 1.62 bits per heavy atom. The number of aliphatic hydroxyl groups is 2. The van der Waals surface area contributed by atoms with Crippen molar-refractivity contribution in [1.29, 1.82) is 0 Å². The van der Waals surface area contributed by atoms with E-state index in [-0.39, 0.29) is 12.5 Å². The molecule has 6 nitrogen and oxygen atoms in total. The molecule has 0 saturated carbocycles. The van der Waals surface area contributed by atoms with Gasteiger partial charge >= 0.3 is 0 Å². The van der Waals surface area contributed by atoms with E-state index in [1.54, 1.807) is 0 Å². The predicted molar refractivity (Wildman–Crippen MR) is 55.8 cm³/mol. The molecule has 88 valence electrons. The smallest absolute Gasteiger partial charge is 0.216 e. The standard InChI is InChI=1S/C10H14N2O4/c1-6(14)11-4-9(15)10(16)7-2-8(5-13)12-3-7/h2-3,5,9-10,12,15-16H,4H2,1H3,(H,11,14). The van der Waals surface area contributed by atoms with Gasteiger partial charge in [-0.2, -0.15) is 0 Å². The van der Waals surface area contributed by atoms with Gasteiger partial charge in [-0.05, 0) is 6.07 Å². The topological polar surface area (TPSA) is 102 Å². The van der Waals surface area contributed by atoms with Gasteiger partial charge in [0.05, 0.1) is 5.69 Å². The Bertz CT molecular complexity index is 375. The highest BCUT2D eigenvalue weighted by Gasteiger charge is 2.19. The Morgan fingerprint density at radius 3 is 2.81 bits per heavy atom. The molecule has 0 bridgehead atoms. The predicted octanol–water partition coefficient (Wildman–Crippen LogP) is -0.642. The van der Waals surface area contributed by atoms with Crippen LogP contribution < -0.4 is 5.32 Å². The first-order valence-corrected chi connectivity index (χ1v) is 4.78. The van der Waals surface area contributed by atoms with E-state index in [0.29, 0.717) is 17.5 Å². The highest BCUT2D eigenvalue weighted by molar-refractivity contribution is 5.73. The van der Waals surface area contributed by atoms with Crippen molar-refractivity contribution in [3.8, 4) is 0 Å². The van der Waals surface area contributed by atoms with E-state index in [0.717, 1.165) is 0 Å². The van der Waals surface area contributed by atoms with Gasteiger partial charge < -0.3 is 20.5 Å². The number of hydrogen-bond donors (Lipinski definition) is 4. The van der Waals surface area contributed by atoms with Crippen molar-refractivity contribution in [1.82, 2.24) is 10.3 Å². The molecule has 0 aliphatic carbocycles. The lowest BCUT2D eigenvalue weighted by Crippen LogP contribution is -2.34. The minimum Gasteiger partial charge on any atom is -0.388 e. The quantitative estimate of drug-likeness (QED) is 0.501. The Labute approximate surface area is 92.3 Å². The number of amides is 1. The van der Waals surface area contributed by atoms with Gasteiger partial charge in [0.15, 0.2) is 6.29 Å². The Hall–Kier alpha value is -1.66. The summed E-state index contributed by atoms with van der Waals surface area (Å²) in [4.78, 5) is 23.6. The van der Waals surface area contributed by atoms with Crippen LogP contribution in [-0.2, 0) is 4.79 Å². The molecule has 0 fully saturated rings. The summed E-state index contributed by atoms with van der Waals surface area (Å²) in [6, 6.07) is 1.44. The molecule has 1 rings (SSSR count). The second-order valence-corrected chi connectivity index (χ2v) is 3.46. The normalized spacial score (nSPS) is 14.2. The molecule has 16 heavy (non-hydrogen) atoms. The summed E-state index contributed by atoms with van der Waals surface area (Å²) in [7, 11) is 0. The molecule has 0 aromatic carbocycles. The Balaban J connectivity index is 2.58. The number of carbonyl (C=O) groups is 2. The second kappa shape index (κ2) is 5.43. The average Bonchev–Trinajstić information content (AvgIpc) is 2.73. The largest absolute Gasteiger partial charge is 0.388 e. The van der Waals surface area contributed by atoms with Crippen molar-refractivity contribution in [2.75, 3.05) is 6.54 Å². The number of nitrogens with one attached hydrogen (secondary N) is 2. The maximum absolute atomic E-state index is 10.6. The molecule has 2 unspecified atom stereocenters. The third-order valence-corrected chi connectivity index (χ3v) is 2.12. The molecule has 2 atom stereocenters. The summed E-state index contributed by atoms with van der Waals surface area (Å²) >= 11 is 0. The van der Waals surface area contributed by atoms with E-state index in [2.05, 4.69) is 10.3 Å². The molecule has 1 aromatic heterocycles. The summed E-state index contributed by atoms with van der Waals surface area (Å²) in [5.74, 6) is -0.283. The van der Waals surface area contributed by atoms with Gasteiger partial charge in [-0.3, -0.25) is 9.59 Å². The molecule has 0 saturated heterocycles. The highest BCUT2D eigenvalue weighted by Crippen LogP contribution is 2.16. The van der Waals surface area contributed by atoms with Gasteiger partial charge in [0, 0.05) is 25.2 Å². The van der Waals surface area contributed by atoms with Crippen LogP contribution >= 0.6 is 0 Å². The van der Waals surface area contributed by atoms with Crippen LogP contribution in [0.3, 0.4) is 0 Å². The van der Waals surface area contributed by atoms with Crippen LogP contribution in [0.15, 0.2) is 12.3 Å². The lowest BCUT2D eigenvalue weighted by atomic mass is 10.1. The van der Waals surface area contributed by atoms with Crippen LogP contribution in [0.4, 0.5) is 0 Å². The number of aldehydes is 1. The number of H-pyrrole nitrogens is 1. The van der Waals surface area contributed by atoms with Crippen molar-refractivity contribution in [2.24, 2.45) is 0 Å². The van der Waals surface area contributed by atoms with Crippen molar-refractivity contribution < 1.29 is 19.8 Å². The minimum atomic E-state index is -1.14. The van der Waals surface area contributed by atoms with Crippen LogP contribution in [0.2, 0.25) is 0 Å². The van der Waals surface area contributed by atoms with E-state index >= 15 is 0 Å². The Morgan fingerprint density at radius 2 is 2.31 bits per heavy atom. The number of hydrogen-bond acceptors (Lipinski definition) is 4. The number of rotatable bonds is 5. The molecule has 0 aliphatic rings. The molecule has 1 heterocycles. The zero-order valence-corrected chi connectivity index (χ0v) is 8.80. The minimum absolute atomic E-state index is 0.0435. The summed E-state index contributed by atoms with van der Waals surface area (Å²) in [5.41, 5.74) is 0.723. The SMILES string of the molecule is CC(=O)NCC(O)C(O)c1c[nH]c(C=O)c1. The summed E-state index contributed by atoms with van der Waals surface area (Å²) in [5, 5.41) is 21.6. The van der Waals surface area contributed by atoms with Gasteiger partial charge in [0.2, 0.25) is 5.91 Å². The van der Waals surface area contributed by atoms with Gasteiger partial charge in [-0.1, -0.05) is 0 Å². The number of aromatic amines is 1. The zero-order chi connectivity index (χ0) is 12.1. The lowest BCUT2D eigenvalue weighted by Gasteiger charge is -2.16. The third kappa shape index (κ3) is 3.18. The van der Waals surface area contributed by atoms with Gasteiger partial charge in [0.25, 0.3) is 0 Å². The first kappa shape index (κ1) is 12.4. The molecule has 1 amide bonds. The van der Waals surface area contributed by atoms with Gasteiger partial charge in [-0.25, -0.2) is 0 Å². The van der Waals surface area contributed by atoms with Crippen molar-refractivity contribution in [3.05, 3.63) is 23.5 Å². The molecule has 6 heteroatoms. The summed E-state index contributed by atoms with van der Waals surface area (Å²) < 4.78 is 0. The maximum atomic E-state index is 10.6. The molecular formula is C10H14N2O4. The first-order valence-electron chi connectivity index (χ1n) is 4.78. The van der Waals surface area contributed by atoms with E-state index in [4.69, 9.17) is 0 Å². The van der Waals surface area contributed by atoms with E-state index in [9.17, 15) is 19.8 Å². The van der Waals surface area contributed by atoms with Gasteiger partial charge in [0.1, 0.15) is 12.2 Å². The fraction of sp³-hybridized carbons (Fsp3) is 0.400. The van der Waals surface area contributed by atoms with Crippen molar-refractivity contribution in [3.63, 3.8) is 0 Å². The zero-order valence-electron chi connectivity index (χ0n) is 8.80. The maximum Gasteiger partial charge on any atom is 0.216 e. The number of aliphatic hydroxyl groups excluding tert-OH is 2. The van der Waals surface area contributed by atoms with Crippen molar-refractivity contribution in [2.45, 2.75) is 19.1 Å². The second-order valence-electron chi connectivity index (χ2n) is 3.46. The van der Waals surface area contributed by atoms with Gasteiger partial charge in [-0.15, -0.1) is 0 Å².